The van der Waals surface area contributed by atoms with Gasteiger partial charge in [-0.1, -0.05) is 76.3 Å². The maximum Gasteiger partial charge on any atom is 0.326 e. The fourth-order valence-corrected chi connectivity index (χ4v) is 7.29. The number of benzene rings is 2. The number of carboxylic acids is 1. The van der Waals surface area contributed by atoms with Crippen molar-refractivity contribution >= 4 is 21.7 Å². The van der Waals surface area contributed by atoms with Gasteiger partial charge in [-0.05, 0) is 85.3 Å². The molecule has 46 heavy (non-hydrogen) atoms. The quantitative estimate of drug-likeness (QED) is 0.173. The van der Waals surface area contributed by atoms with E-state index in [1.54, 1.807) is 6.07 Å². The summed E-state index contributed by atoms with van der Waals surface area (Å²) in [5, 5.41) is 12.3. The monoisotopic (exact) mass is 654 g/mol. The van der Waals surface area contributed by atoms with E-state index in [9.17, 15) is 23.1 Å². The van der Waals surface area contributed by atoms with Crippen molar-refractivity contribution in [3.63, 3.8) is 0 Å². The summed E-state index contributed by atoms with van der Waals surface area (Å²) in [6, 6.07) is 13.3. The van der Waals surface area contributed by atoms with Crippen molar-refractivity contribution in [2.75, 3.05) is 25.2 Å². The number of ether oxygens (including phenoxy) is 1. The van der Waals surface area contributed by atoms with Crippen LogP contribution in [0.15, 0.2) is 42.5 Å². The molecule has 0 radical (unpaired) electrons. The SMILES string of the molecule is Cc1ccccc1-c1cc(CN(C2CC2)[C@@H](COCCC(C)C)CC2CCCCC2)ccc1C(=O)N[C@@H](CCS(C)(=O)=O)C(=O)O. The first-order valence-electron chi connectivity index (χ1n) is 17.1. The van der Waals surface area contributed by atoms with Crippen molar-refractivity contribution in [2.45, 2.75) is 110 Å². The zero-order valence-electron chi connectivity index (χ0n) is 28.2. The van der Waals surface area contributed by atoms with E-state index < -0.39 is 27.8 Å². The number of sulfone groups is 1. The molecule has 4 rings (SSSR count). The minimum atomic E-state index is -3.39. The number of nitrogens with one attached hydrogen (secondary N) is 1. The maximum atomic E-state index is 13.6. The number of hydrogen-bond acceptors (Lipinski definition) is 6. The van der Waals surface area contributed by atoms with Gasteiger partial charge in [0.05, 0.1) is 12.4 Å². The standard InChI is InChI=1S/C37H54N2O6S/c1-26(2)18-20-45-25-31(22-28-11-6-5-7-12-28)39(30-15-16-30)24-29-14-17-33(34(23-29)32-13-9-8-10-27(32)3)36(40)38-35(37(41)42)19-21-46(4,43)44/h8-10,13-14,17,23,26,28,30-31,35H,5-7,11-12,15-16,18-22,24-25H2,1-4H3,(H,38,40)(H,41,42)/t31-,35+/m1/s1. The molecule has 0 bridgehead atoms. The van der Waals surface area contributed by atoms with Gasteiger partial charge >= 0.3 is 5.97 Å². The first-order valence-corrected chi connectivity index (χ1v) is 19.2. The van der Waals surface area contributed by atoms with Gasteiger partial charge in [0.25, 0.3) is 5.91 Å². The number of carboxylic acid groups (broad SMARTS) is 1. The van der Waals surface area contributed by atoms with Gasteiger partial charge in [0.15, 0.2) is 0 Å². The van der Waals surface area contributed by atoms with E-state index in [-0.39, 0.29) is 12.2 Å². The van der Waals surface area contributed by atoms with Gasteiger partial charge in [-0.25, -0.2) is 13.2 Å². The Morgan fingerprint density at radius 2 is 1.72 bits per heavy atom. The van der Waals surface area contributed by atoms with E-state index in [0.717, 1.165) is 67.0 Å². The molecule has 2 N–H and O–H groups in total. The zero-order chi connectivity index (χ0) is 33.3. The van der Waals surface area contributed by atoms with E-state index >= 15 is 0 Å². The highest BCUT2D eigenvalue weighted by molar-refractivity contribution is 7.90. The number of nitrogens with zero attached hydrogens (tertiary/aromatic N) is 1. The minimum absolute atomic E-state index is 0.199. The van der Waals surface area contributed by atoms with Crippen LogP contribution in [0.3, 0.4) is 0 Å². The van der Waals surface area contributed by atoms with Crippen LogP contribution in [0.5, 0.6) is 0 Å². The molecule has 8 nitrogen and oxygen atoms in total. The van der Waals surface area contributed by atoms with E-state index in [1.807, 2.05) is 37.3 Å². The van der Waals surface area contributed by atoms with Gasteiger partial charge in [-0.3, -0.25) is 9.69 Å². The Labute approximate surface area is 276 Å². The van der Waals surface area contributed by atoms with E-state index in [0.29, 0.717) is 23.6 Å². The van der Waals surface area contributed by atoms with Crippen LogP contribution in [0, 0.1) is 18.8 Å². The molecule has 2 aromatic rings. The van der Waals surface area contributed by atoms with Crippen molar-refractivity contribution in [3.05, 3.63) is 59.2 Å². The molecule has 9 heteroatoms. The second kappa shape index (κ2) is 16.9. The Kier molecular flexibility index (Phi) is 13.2. The molecule has 254 valence electrons. The molecule has 0 unspecified atom stereocenters. The van der Waals surface area contributed by atoms with E-state index in [4.69, 9.17) is 4.74 Å². The first-order chi connectivity index (χ1) is 21.9. The van der Waals surface area contributed by atoms with Gasteiger partial charge in [-0.2, -0.15) is 0 Å². The van der Waals surface area contributed by atoms with Crippen LogP contribution in [-0.4, -0.2) is 73.6 Å². The lowest BCUT2D eigenvalue weighted by Gasteiger charge is -2.35. The third-order valence-corrected chi connectivity index (χ3v) is 10.5. The summed E-state index contributed by atoms with van der Waals surface area (Å²) < 4.78 is 29.7. The molecule has 2 aliphatic rings. The molecule has 2 atom stereocenters. The van der Waals surface area contributed by atoms with Crippen LogP contribution in [0.25, 0.3) is 11.1 Å². The summed E-state index contributed by atoms with van der Waals surface area (Å²) in [7, 11) is -3.39. The summed E-state index contributed by atoms with van der Waals surface area (Å²) >= 11 is 0. The average Bonchev–Trinajstić information content (AvgIpc) is 3.85. The molecule has 2 aromatic carbocycles. The third kappa shape index (κ3) is 11.2. The molecule has 0 spiro atoms. The van der Waals surface area contributed by atoms with E-state index in [2.05, 4.69) is 30.1 Å². The molecule has 2 fully saturated rings. The Morgan fingerprint density at radius 1 is 1.00 bits per heavy atom. The van der Waals surface area contributed by atoms with Crippen LogP contribution >= 0.6 is 0 Å². The van der Waals surface area contributed by atoms with Gasteiger partial charge in [-0.15, -0.1) is 0 Å². The number of carbonyl (C=O) groups is 2. The Balaban J connectivity index is 1.61. The van der Waals surface area contributed by atoms with Gasteiger partial charge < -0.3 is 15.2 Å². The predicted octanol–water partition coefficient (Wildman–Crippen LogP) is 6.65. The van der Waals surface area contributed by atoms with E-state index in [1.165, 1.54) is 44.9 Å². The number of amides is 1. The molecule has 0 heterocycles. The number of hydrogen-bond donors (Lipinski definition) is 2. The van der Waals surface area contributed by atoms with Crippen molar-refractivity contribution in [1.82, 2.24) is 10.2 Å². The second-order valence-corrected chi connectivity index (χ2v) is 16.3. The number of aliphatic carboxylic acids is 1. The van der Waals surface area contributed by atoms with Gasteiger partial charge in [0.2, 0.25) is 0 Å². The Hall–Kier alpha value is -2.75. The number of aryl methyl sites for hydroxylation is 1. The van der Waals surface area contributed by atoms with Crippen LogP contribution in [0.4, 0.5) is 0 Å². The molecule has 2 saturated carbocycles. The predicted molar refractivity (Wildman–Crippen MR) is 184 cm³/mol. The molecule has 0 saturated heterocycles. The first kappa shape index (κ1) is 36.1. The molecule has 0 aromatic heterocycles. The van der Waals surface area contributed by atoms with Crippen molar-refractivity contribution in [2.24, 2.45) is 11.8 Å². The highest BCUT2D eigenvalue weighted by Crippen LogP contribution is 2.36. The average molecular weight is 655 g/mol. The molecule has 2 aliphatic carbocycles. The summed E-state index contributed by atoms with van der Waals surface area (Å²) in [6.07, 6.45) is 12.0. The minimum Gasteiger partial charge on any atom is -0.480 e. The highest BCUT2D eigenvalue weighted by Gasteiger charge is 2.35. The maximum absolute atomic E-state index is 13.6. The summed E-state index contributed by atoms with van der Waals surface area (Å²) in [4.78, 5) is 28.2. The van der Waals surface area contributed by atoms with Crippen LogP contribution < -0.4 is 5.32 Å². The largest absolute Gasteiger partial charge is 0.480 e. The summed E-state index contributed by atoms with van der Waals surface area (Å²) in [5.41, 5.74) is 4.13. The topological polar surface area (TPSA) is 113 Å². The third-order valence-electron chi connectivity index (χ3n) is 9.47. The van der Waals surface area contributed by atoms with Crippen molar-refractivity contribution < 1.29 is 27.9 Å². The second-order valence-electron chi connectivity index (χ2n) is 14.0. The molecular formula is C37H54N2O6S. The summed E-state index contributed by atoms with van der Waals surface area (Å²) in [6.45, 7) is 8.72. The van der Waals surface area contributed by atoms with Gasteiger partial charge in [0, 0.05) is 37.1 Å². The Morgan fingerprint density at radius 3 is 2.35 bits per heavy atom. The number of rotatable bonds is 18. The highest BCUT2D eigenvalue weighted by atomic mass is 32.2. The zero-order valence-corrected chi connectivity index (χ0v) is 29.0. The van der Waals surface area contributed by atoms with Crippen LogP contribution in [0.1, 0.15) is 99.5 Å². The smallest absolute Gasteiger partial charge is 0.326 e. The molecule has 1 amide bonds. The van der Waals surface area contributed by atoms with Crippen molar-refractivity contribution in [1.29, 1.82) is 0 Å². The van der Waals surface area contributed by atoms with Crippen LogP contribution in [0.2, 0.25) is 0 Å². The lowest BCUT2D eigenvalue weighted by Crippen LogP contribution is -2.42. The van der Waals surface area contributed by atoms with Crippen molar-refractivity contribution in [3.8, 4) is 11.1 Å². The lowest BCUT2D eigenvalue weighted by molar-refractivity contribution is -0.139. The van der Waals surface area contributed by atoms with Crippen LogP contribution in [-0.2, 0) is 25.9 Å². The van der Waals surface area contributed by atoms with Gasteiger partial charge in [0.1, 0.15) is 15.9 Å². The number of carbonyl (C=O) groups excluding carboxylic acids is 1. The summed E-state index contributed by atoms with van der Waals surface area (Å²) in [5.74, 6) is -0.776. The lowest BCUT2D eigenvalue weighted by atomic mass is 9.84. The normalized spacial score (nSPS) is 17.3. The fraction of sp³-hybridized carbons (Fsp3) is 0.622. The molecular weight excluding hydrogens is 600 g/mol. The molecule has 0 aliphatic heterocycles. The fourth-order valence-electron chi connectivity index (χ4n) is 6.63. The Bertz CT molecular complexity index is 1410.